The molecule has 1 aliphatic rings. The zero-order valence-corrected chi connectivity index (χ0v) is 17.1. The van der Waals surface area contributed by atoms with E-state index in [0.717, 1.165) is 0 Å². The number of aryl methyl sites for hydroxylation is 2. The van der Waals surface area contributed by atoms with Gasteiger partial charge in [-0.1, -0.05) is 53.9 Å². The van der Waals surface area contributed by atoms with E-state index < -0.39 is 0 Å². The Morgan fingerprint density at radius 3 is 2.32 bits per heavy atom. The van der Waals surface area contributed by atoms with Crippen LogP contribution in [0.4, 0.5) is 0 Å². The summed E-state index contributed by atoms with van der Waals surface area (Å²) in [6, 6.07) is 28.0. The van der Waals surface area contributed by atoms with Gasteiger partial charge in [0.25, 0.3) is 0 Å². The molecule has 0 nitrogen and oxygen atoms in total. The monoisotopic (exact) mass is 400 g/mol. The summed E-state index contributed by atoms with van der Waals surface area (Å²) in [5.74, 6) is 0. The molecule has 4 aromatic carbocycles. The average Bonchev–Trinajstić information content (AvgIpc) is 3.35. The third-order valence-corrected chi connectivity index (χ3v) is 4.85. The van der Waals surface area contributed by atoms with Crippen LogP contribution in [0.5, 0.6) is 0 Å². The first-order valence-corrected chi connectivity index (χ1v) is 8.77. The summed E-state index contributed by atoms with van der Waals surface area (Å²) >= 11 is 0. The molecule has 0 bridgehead atoms. The molecule has 0 N–H and O–H groups in total. The quantitative estimate of drug-likeness (QED) is 0.323. The van der Waals surface area contributed by atoms with Gasteiger partial charge in [0.05, 0.1) is 0 Å². The molecule has 0 atom stereocenters. The van der Waals surface area contributed by atoms with E-state index in [4.69, 9.17) is 0 Å². The van der Waals surface area contributed by atoms with E-state index in [-0.39, 0.29) is 26.2 Å². The van der Waals surface area contributed by atoms with Gasteiger partial charge >= 0.3 is 26.2 Å². The van der Waals surface area contributed by atoms with Crippen LogP contribution in [-0.4, -0.2) is 0 Å². The zero-order valence-electron chi connectivity index (χ0n) is 14.6. The number of hydrogen-bond donors (Lipinski definition) is 0. The van der Waals surface area contributed by atoms with Gasteiger partial charge in [0.15, 0.2) is 0 Å². The molecule has 1 aliphatic carbocycles. The third kappa shape index (κ3) is 3.77. The summed E-state index contributed by atoms with van der Waals surface area (Å²) in [6.45, 7) is 2.19. The first-order valence-electron chi connectivity index (χ1n) is 8.77. The van der Waals surface area contributed by atoms with Crippen molar-refractivity contribution in [2.75, 3.05) is 0 Å². The van der Waals surface area contributed by atoms with E-state index in [1.54, 1.807) is 11.1 Å². The van der Waals surface area contributed by atoms with Crippen molar-refractivity contribution in [2.24, 2.45) is 0 Å². The van der Waals surface area contributed by atoms with Crippen LogP contribution >= 0.6 is 0 Å². The molecule has 0 saturated carbocycles. The molecule has 0 radical (unpaired) electrons. The van der Waals surface area contributed by atoms with Gasteiger partial charge in [-0.2, -0.15) is 24.3 Å². The van der Waals surface area contributed by atoms with Crippen LogP contribution in [0.1, 0.15) is 23.1 Å². The van der Waals surface area contributed by atoms with E-state index in [2.05, 4.69) is 55.5 Å². The van der Waals surface area contributed by atoms with E-state index in [1.807, 2.05) is 30.3 Å². The maximum absolute atomic E-state index is 2.41. The van der Waals surface area contributed by atoms with Crippen molar-refractivity contribution in [3.05, 3.63) is 95.6 Å². The molecule has 5 rings (SSSR count). The SMILES string of the molecule is Cc1cc2c(-c3ccccc3)c3c(cc2[cH-]1)CCC3.[Zr+2].c1cc[cH-]c1. The van der Waals surface area contributed by atoms with Crippen LogP contribution in [-0.2, 0) is 39.0 Å². The van der Waals surface area contributed by atoms with Gasteiger partial charge in [0, 0.05) is 0 Å². The van der Waals surface area contributed by atoms with Crippen molar-refractivity contribution in [1.82, 2.24) is 0 Å². The first-order chi connectivity index (χ1) is 11.8. The molecular weight excluding hydrogens is 379 g/mol. The molecule has 0 aliphatic heterocycles. The number of rotatable bonds is 1. The summed E-state index contributed by atoms with van der Waals surface area (Å²) in [5, 5.41) is 2.85. The number of benzene rings is 2. The van der Waals surface area contributed by atoms with Gasteiger partial charge in [0.1, 0.15) is 0 Å². The van der Waals surface area contributed by atoms with Gasteiger partial charge in [0.2, 0.25) is 0 Å². The fourth-order valence-electron chi connectivity index (χ4n) is 3.83. The van der Waals surface area contributed by atoms with Crippen LogP contribution in [0.25, 0.3) is 21.9 Å². The second-order valence-electron chi connectivity index (χ2n) is 6.61. The Labute approximate surface area is 169 Å². The largest absolute Gasteiger partial charge is 2.00 e. The van der Waals surface area contributed by atoms with Crippen molar-refractivity contribution in [2.45, 2.75) is 26.2 Å². The summed E-state index contributed by atoms with van der Waals surface area (Å²) in [5.41, 5.74) is 7.38. The Kier molecular flexibility index (Phi) is 5.87. The molecule has 0 aromatic heterocycles. The summed E-state index contributed by atoms with van der Waals surface area (Å²) in [6.07, 6.45) is 3.79. The molecular formula is C24H22Zr. The molecule has 122 valence electrons. The molecule has 0 saturated heterocycles. The Morgan fingerprint density at radius 2 is 1.64 bits per heavy atom. The molecule has 1 heteroatoms. The predicted molar refractivity (Wildman–Crippen MR) is 104 cm³/mol. The molecule has 0 unspecified atom stereocenters. The minimum absolute atomic E-state index is 0. The van der Waals surface area contributed by atoms with Crippen LogP contribution in [0.2, 0.25) is 0 Å². The zero-order chi connectivity index (χ0) is 16.4. The van der Waals surface area contributed by atoms with Crippen LogP contribution in [0, 0.1) is 6.92 Å². The second kappa shape index (κ2) is 8.11. The standard InChI is InChI=1S/C19H17.C5H5.Zr/c1-13-10-16-12-15-8-5-9-17(15)19(18(16)11-13)14-6-3-2-4-7-14;1-2-4-5-3-1;/h2-4,6-7,10-12H,5,8-9H2,1H3;1-5H;/q2*-1;+2. The van der Waals surface area contributed by atoms with E-state index >= 15 is 0 Å². The van der Waals surface area contributed by atoms with Crippen molar-refractivity contribution in [3.63, 3.8) is 0 Å². The van der Waals surface area contributed by atoms with E-state index in [0.29, 0.717) is 0 Å². The topological polar surface area (TPSA) is 0 Å². The summed E-state index contributed by atoms with van der Waals surface area (Å²) in [4.78, 5) is 0. The maximum Gasteiger partial charge on any atom is 2.00 e. The molecule has 4 aromatic rings. The van der Waals surface area contributed by atoms with Gasteiger partial charge in [-0.15, -0.1) is 28.5 Å². The number of hydrogen-bond acceptors (Lipinski definition) is 0. The van der Waals surface area contributed by atoms with Crippen molar-refractivity contribution < 1.29 is 26.2 Å². The average molecular weight is 402 g/mol. The Balaban J connectivity index is 0.000000264. The summed E-state index contributed by atoms with van der Waals surface area (Å²) in [7, 11) is 0. The molecule has 0 amide bonds. The number of fused-ring (bicyclic) bond motifs is 2. The van der Waals surface area contributed by atoms with Gasteiger partial charge in [-0.05, 0) is 24.8 Å². The van der Waals surface area contributed by atoms with E-state index in [1.165, 1.54) is 46.7 Å². The van der Waals surface area contributed by atoms with Crippen molar-refractivity contribution in [1.29, 1.82) is 0 Å². The fraction of sp³-hybridized carbons (Fsp3) is 0.167. The minimum atomic E-state index is 0. The minimum Gasteiger partial charge on any atom is -0.214 e. The normalized spacial score (nSPS) is 12.2. The van der Waals surface area contributed by atoms with E-state index in [9.17, 15) is 0 Å². The second-order valence-corrected chi connectivity index (χ2v) is 6.61. The van der Waals surface area contributed by atoms with Gasteiger partial charge in [-0.3, -0.25) is 0 Å². The molecule has 0 heterocycles. The Bertz CT molecular complexity index is 910. The molecule has 25 heavy (non-hydrogen) atoms. The smallest absolute Gasteiger partial charge is 0.214 e. The molecule has 0 spiro atoms. The maximum atomic E-state index is 2.41. The Hall–Kier alpha value is -1.72. The molecule has 0 fully saturated rings. The van der Waals surface area contributed by atoms with Crippen molar-refractivity contribution in [3.8, 4) is 11.1 Å². The van der Waals surface area contributed by atoms with Crippen LogP contribution in [0.15, 0.2) is 78.9 Å². The first kappa shape index (κ1) is 18.1. The summed E-state index contributed by atoms with van der Waals surface area (Å²) < 4.78 is 0. The van der Waals surface area contributed by atoms with Crippen LogP contribution in [0.3, 0.4) is 0 Å². The third-order valence-electron chi connectivity index (χ3n) is 4.85. The van der Waals surface area contributed by atoms with Gasteiger partial charge in [-0.25, -0.2) is 12.1 Å². The van der Waals surface area contributed by atoms with Crippen molar-refractivity contribution >= 4 is 10.8 Å². The van der Waals surface area contributed by atoms with Gasteiger partial charge < -0.3 is 0 Å². The Morgan fingerprint density at radius 1 is 0.880 bits per heavy atom. The van der Waals surface area contributed by atoms with Crippen LogP contribution < -0.4 is 0 Å². The predicted octanol–water partition coefficient (Wildman–Crippen LogP) is 6.43. The fourth-order valence-corrected chi connectivity index (χ4v) is 3.83.